The Morgan fingerprint density at radius 1 is 0.429 bits per heavy atom. The number of hydrogen-bond donors (Lipinski definition) is 0. The number of aromatic nitrogens is 2. The van der Waals surface area contributed by atoms with Crippen molar-refractivity contribution in [3.63, 3.8) is 0 Å². The summed E-state index contributed by atoms with van der Waals surface area (Å²) in [6.45, 7) is 0. The third-order valence-electron chi connectivity index (χ3n) is 11.7. The highest BCUT2D eigenvalue weighted by Crippen LogP contribution is 2.62. The summed E-state index contributed by atoms with van der Waals surface area (Å²) in [5, 5.41) is 0. The van der Waals surface area contributed by atoms with Gasteiger partial charge in [0.05, 0.1) is 16.8 Å². The van der Waals surface area contributed by atoms with E-state index in [4.69, 9.17) is 14.7 Å². The van der Waals surface area contributed by atoms with Crippen LogP contribution in [0.3, 0.4) is 0 Å². The molecule has 3 heteroatoms. The summed E-state index contributed by atoms with van der Waals surface area (Å²) in [6, 6.07) is 65.0. The molecule has 3 aliphatic rings. The normalized spacial score (nSPS) is 14.4. The van der Waals surface area contributed by atoms with Crippen LogP contribution in [0.25, 0.3) is 55.9 Å². The zero-order valence-corrected chi connectivity index (χ0v) is 30.7. The minimum atomic E-state index is -0.492. The molecular formula is C53H36N2O. The Balaban J connectivity index is 1.03. The van der Waals surface area contributed by atoms with Crippen molar-refractivity contribution in [2.75, 3.05) is 0 Å². The Morgan fingerprint density at radius 3 is 1.62 bits per heavy atom. The lowest BCUT2D eigenvalue weighted by Crippen LogP contribution is -2.32. The molecule has 2 aliphatic carbocycles. The molecule has 2 heterocycles. The molecule has 0 bridgehead atoms. The van der Waals surface area contributed by atoms with Crippen molar-refractivity contribution in [2.45, 2.75) is 18.3 Å². The van der Waals surface area contributed by atoms with E-state index in [1.807, 2.05) is 12.1 Å². The number of fused-ring (bicyclic) bond motifs is 9. The van der Waals surface area contributed by atoms with Crippen LogP contribution in [0.2, 0.25) is 0 Å². The van der Waals surface area contributed by atoms with Crippen LogP contribution in [0.1, 0.15) is 46.5 Å². The SMILES string of the molecule is C1=CC(c2nc(-c3ccccc3)cc(-c3ccccc3)n2)=C(c2ccc(-c3ccc4c(c3)C3(c5ccccc5O4)c4ccccc4-c4ccccc43)cc2)CC1. The highest BCUT2D eigenvalue weighted by Gasteiger charge is 2.51. The summed E-state index contributed by atoms with van der Waals surface area (Å²) in [6.07, 6.45) is 6.35. The predicted octanol–water partition coefficient (Wildman–Crippen LogP) is 13.2. The lowest BCUT2D eigenvalue weighted by atomic mass is 9.66. The summed E-state index contributed by atoms with van der Waals surface area (Å²) < 4.78 is 6.69. The van der Waals surface area contributed by atoms with Gasteiger partial charge in [-0.15, -0.1) is 0 Å². The van der Waals surface area contributed by atoms with Crippen molar-refractivity contribution in [3.05, 3.63) is 228 Å². The van der Waals surface area contributed by atoms with Crippen LogP contribution in [-0.4, -0.2) is 9.97 Å². The predicted molar refractivity (Wildman–Crippen MR) is 227 cm³/mol. The van der Waals surface area contributed by atoms with Gasteiger partial charge in [-0.2, -0.15) is 0 Å². The fourth-order valence-corrected chi connectivity index (χ4v) is 9.15. The first-order valence-electron chi connectivity index (χ1n) is 19.4. The van der Waals surface area contributed by atoms with E-state index < -0.39 is 5.41 Å². The van der Waals surface area contributed by atoms with Gasteiger partial charge in [-0.1, -0.05) is 170 Å². The second-order valence-electron chi connectivity index (χ2n) is 14.8. The maximum absolute atomic E-state index is 6.69. The molecule has 11 rings (SSSR count). The molecular weight excluding hydrogens is 681 g/mol. The summed E-state index contributed by atoms with van der Waals surface area (Å²) in [5.41, 5.74) is 16.8. The zero-order valence-electron chi connectivity index (χ0n) is 30.7. The topological polar surface area (TPSA) is 35.0 Å². The fourth-order valence-electron chi connectivity index (χ4n) is 9.15. The van der Waals surface area contributed by atoms with Crippen LogP contribution in [-0.2, 0) is 5.41 Å². The van der Waals surface area contributed by atoms with Crippen LogP contribution >= 0.6 is 0 Å². The number of rotatable bonds is 5. The van der Waals surface area contributed by atoms with Gasteiger partial charge < -0.3 is 4.74 Å². The Hall–Kier alpha value is -7.10. The number of nitrogens with zero attached hydrogens (tertiary/aromatic N) is 2. The van der Waals surface area contributed by atoms with Gasteiger partial charge in [0.2, 0.25) is 0 Å². The second kappa shape index (κ2) is 13.0. The van der Waals surface area contributed by atoms with E-state index in [2.05, 4.69) is 182 Å². The summed E-state index contributed by atoms with van der Waals surface area (Å²) in [4.78, 5) is 10.4. The molecule has 0 fully saturated rings. The van der Waals surface area contributed by atoms with Crippen molar-refractivity contribution in [1.82, 2.24) is 9.97 Å². The molecule has 0 saturated carbocycles. The van der Waals surface area contributed by atoms with Gasteiger partial charge in [0.15, 0.2) is 5.82 Å². The quantitative estimate of drug-likeness (QED) is 0.178. The van der Waals surface area contributed by atoms with Gasteiger partial charge in [0.25, 0.3) is 0 Å². The summed E-state index contributed by atoms with van der Waals surface area (Å²) in [7, 11) is 0. The van der Waals surface area contributed by atoms with Crippen molar-refractivity contribution >= 4 is 11.1 Å². The first-order valence-corrected chi connectivity index (χ1v) is 19.4. The van der Waals surface area contributed by atoms with E-state index in [-0.39, 0.29) is 0 Å². The standard InChI is InChI=1S/C53H36N2O/c1-3-15-37(16-4-1)48-34-49(38-17-5-2-6-18-38)55-52(54-48)43-22-8-7-19-40(43)36-29-27-35(28-30-36)39-31-32-51-47(33-39)53(46-25-13-14-26-50(46)56-51)44-23-11-9-20-41(44)42-21-10-12-24-45(42)53/h1-6,8-18,20-34H,7,19H2. The molecule has 0 atom stereocenters. The van der Waals surface area contributed by atoms with E-state index in [0.29, 0.717) is 0 Å². The van der Waals surface area contributed by atoms with Crippen molar-refractivity contribution < 1.29 is 4.74 Å². The van der Waals surface area contributed by atoms with E-state index in [9.17, 15) is 0 Å². The molecule has 56 heavy (non-hydrogen) atoms. The average Bonchev–Trinajstić information content (AvgIpc) is 3.57. The molecule has 1 aromatic heterocycles. The highest BCUT2D eigenvalue weighted by atomic mass is 16.5. The third-order valence-corrected chi connectivity index (χ3v) is 11.7. The van der Waals surface area contributed by atoms with Gasteiger partial charge in [-0.25, -0.2) is 9.97 Å². The molecule has 7 aromatic carbocycles. The van der Waals surface area contributed by atoms with Crippen LogP contribution < -0.4 is 4.74 Å². The van der Waals surface area contributed by atoms with E-state index >= 15 is 0 Å². The van der Waals surface area contributed by atoms with Crippen LogP contribution in [0.4, 0.5) is 0 Å². The molecule has 3 nitrogen and oxygen atoms in total. The van der Waals surface area contributed by atoms with Gasteiger partial charge in [0, 0.05) is 27.8 Å². The minimum Gasteiger partial charge on any atom is -0.457 e. The summed E-state index contributed by atoms with van der Waals surface area (Å²) >= 11 is 0. The fraction of sp³-hybridized carbons (Fsp3) is 0.0566. The lowest BCUT2D eigenvalue weighted by Gasteiger charge is -2.39. The van der Waals surface area contributed by atoms with Crippen molar-refractivity contribution in [1.29, 1.82) is 0 Å². The van der Waals surface area contributed by atoms with E-state index in [0.717, 1.165) is 69.4 Å². The molecule has 0 radical (unpaired) electrons. The number of para-hydroxylation sites is 1. The zero-order chi connectivity index (χ0) is 37.1. The Labute approximate surface area is 327 Å². The first-order chi connectivity index (χ1) is 27.8. The molecule has 0 saturated heterocycles. The summed E-state index contributed by atoms with van der Waals surface area (Å²) in [5.74, 6) is 2.55. The van der Waals surface area contributed by atoms with Crippen LogP contribution in [0.15, 0.2) is 194 Å². The minimum absolute atomic E-state index is 0.492. The number of hydrogen-bond acceptors (Lipinski definition) is 3. The smallest absolute Gasteiger partial charge is 0.160 e. The maximum Gasteiger partial charge on any atom is 0.160 e. The van der Waals surface area contributed by atoms with Crippen LogP contribution in [0.5, 0.6) is 11.5 Å². The number of allylic oxidation sites excluding steroid dienone is 4. The van der Waals surface area contributed by atoms with Crippen molar-refractivity contribution in [2.24, 2.45) is 0 Å². The van der Waals surface area contributed by atoms with Gasteiger partial charge in [-0.3, -0.25) is 0 Å². The lowest BCUT2D eigenvalue weighted by molar-refractivity contribution is 0.436. The second-order valence-corrected chi connectivity index (χ2v) is 14.8. The largest absolute Gasteiger partial charge is 0.457 e. The monoisotopic (exact) mass is 716 g/mol. The Morgan fingerprint density at radius 2 is 0.964 bits per heavy atom. The van der Waals surface area contributed by atoms with Gasteiger partial charge in [0.1, 0.15) is 11.5 Å². The molecule has 1 aliphatic heterocycles. The van der Waals surface area contributed by atoms with Gasteiger partial charge in [-0.05, 0) is 81.6 Å². The molecule has 1 spiro atoms. The maximum atomic E-state index is 6.69. The molecule has 264 valence electrons. The molecule has 8 aromatic rings. The van der Waals surface area contributed by atoms with Crippen molar-refractivity contribution in [3.8, 4) is 56.3 Å². The molecule has 0 amide bonds. The third kappa shape index (κ3) is 5.05. The Bertz CT molecular complexity index is 2770. The molecule has 0 N–H and O–H groups in total. The average molecular weight is 717 g/mol. The molecule has 0 unspecified atom stereocenters. The Kier molecular flexibility index (Phi) is 7.53. The van der Waals surface area contributed by atoms with Gasteiger partial charge >= 0.3 is 0 Å². The number of benzene rings is 7. The highest BCUT2D eigenvalue weighted by molar-refractivity contribution is 5.96. The van der Waals surface area contributed by atoms with E-state index in [1.165, 1.54) is 44.5 Å². The number of ether oxygens (including phenoxy) is 1. The first kappa shape index (κ1) is 32.3. The van der Waals surface area contributed by atoms with E-state index in [1.54, 1.807) is 0 Å². The van der Waals surface area contributed by atoms with Crippen LogP contribution in [0, 0.1) is 0 Å².